The molecule has 0 aromatic heterocycles. The van der Waals surface area contributed by atoms with E-state index in [9.17, 15) is 14.4 Å². The summed E-state index contributed by atoms with van der Waals surface area (Å²) in [6.45, 7) is 0.476. The maximum absolute atomic E-state index is 12.6. The van der Waals surface area contributed by atoms with E-state index in [1.54, 1.807) is 4.90 Å². The molecule has 116 valence electrons. The van der Waals surface area contributed by atoms with Crippen LogP contribution >= 0.6 is 0 Å². The van der Waals surface area contributed by atoms with Crippen molar-refractivity contribution in [2.75, 3.05) is 20.2 Å². The highest BCUT2D eigenvalue weighted by atomic mass is 16.5. The average Bonchev–Trinajstić information content (AvgIpc) is 3.01. The molecule has 3 rings (SSSR count). The van der Waals surface area contributed by atoms with Crippen molar-refractivity contribution >= 4 is 17.7 Å². The first-order valence-electron chi connectivity index (χ1n) is 7.62. The number of benzene rings is 1. The third-order valence-electron chi connectivity index (χ3n) is 4.54. The molecular formula is C17H19NO4. The normalized spacial score (nSPS) is 20.7. The number of ketones is 1. The van der Waals surface area contributed by atoms with Gasteiger partial charge in [-0.3, -0.25) is 14.4 Å². The molecule has 1 aromatic rings. The van der Waals surface area contributed by atoms with Crippen LogP contribution in [0.15, 0.2) is 18.2 Å². The highest BCUT2D eigenvalue weighted by molar-refractivity contribution is 6.02. The molecule has 0 bridgehead atoms. The number of hydrogen-bond acceptors (Lipinski definition) is 4. The zero-order valence-corrected chi connectivity index (χ0v) is 12.6. The van der Waals surface area contributed by atoms with Gasteiger partial charge in [0.25, 0.3) is 5.91 Å². The largest absolute Gasteiger partial charge is 0.468 e. The van der Waals surface area contributed by atoms with Crippen LogP contribution in [0.1, 0.15) is 34.3 Å². The molecule has 5 nitrogen and oxygen atoms in total. The quantitative estimate of drug-likeness (QED) is 0.611. The molecule has 1 saturated heterocycles. The first-order chi connectivity index (χ1) is 10.6. The summed E-state index contributed by atoms with van der Waals surface area (Å²) < 4.78 is 4.66. The standard InChI is InChI=1S/C17H19NO4/c1-22-17(21)14-10-18(8-7-15(14)19)16(20)13-6-5-11-3-2-4-12(11)9-13/h5-6,9,14H,2-4,7-8,10H2,1H3. The first-order valence-corrected chi connectivity index (χ1v) is 7.62. The van der Waals surface area contributed by atoms with E-state index in [2.05, 4.69) is 4.74 Å². The number of amides is 1. The second-order valence-electron chi connectivity index (χ2n) is 5.88. The molecule has 1 unspecified atom stereocenters. The molecule has 1 amide bonds. The van der Waals surface area contributed by atoms with Crippen LogP contribution in [0.4, 0.5) is 0 Å². The summed E-state index contributed by atoms with van der Waals surface area (Å²) >= 11 is 0. The number of ether oxygens (including phenoxy) is 1. The fourth-order valence-electron chi connectivity index (χ4n) is 3.25. The van der Waals surface area contributed by atoms with Gasteiger partial charge in [-0.05, 0) is 42.5 Å². The van der Waals surface area contributed by atoms with Crippen LogP contribution in [-0.2, 0) is 27.2 Å². The topological polar surface area (TPSA) is 63.7 Å². The number of likely N-dealkylation sites (tertiary alicyclic amines) is 1. The second kappa shape index (κ2) is 5.91. The Labute approximate surface area is 129 Å². The summed E-state index contributed by atoms with van der Waals surface area (Å²) in [5.74, 6) is -1.67. The van der Waals surface area contributed by atoms with Gasteiger partial charge in [-0.2, -0.15) is 0 Å². The van der Waals surface area contributed by atoms with Gasteiger partial charge in [0.15, 0.2) is 5.78 Å². The molecule has 1 aliphatic carbocycles. The van der Waals surface area contributed by atoms with E-state index in [-0.39, 0.29) is 24.7 Å². The maximum Gasteiger partial charge on any atom is 0.318 e. The third kappa shape index (κ3) is 2.63. The number of Topliss-reactive ketones (excluding diaryl/α,β-unsaturated/α-hetero) is 1. The van der Waals surface area contributed by atoms with Crippen LogP contribution in [0.25, 0.3) is 0 Å². The molecule has 1 aromatic carbocycles. The molecule has 0 N–H and O–H groups in total. The molecule has 2 aliphatic rings. The number of carbonyl (C=O) groups is 3. The lowest BCUT2D eigenvalue weighted by Crippen LogP contribution is -2.47. The first kappa shape index (κ1) is 14.8. The fraction of sp³-hybridized carbons (Fsp3) is 0.471. The number of nitrogens with zero attached hydrogens (tertiary/aromatic N) is 1. The number of aryl methyl sites for hydroxylation is 2. The van der Waals surface area contributed by atoms with Gasteiger partial charge in [-0.15, -0.1) is 0 Å². The van der Waals surface area contributed by atoms with Gasteiger partial charge < -0.3 is 9.64 Å². The number of fused-ring (bicyclic) bond motifs is 1. The van der Waals surface area contributed by atoms with Crippen molar-refractivity contribution in [3.8, 4) is 0 Å². The average molecular weight is 301 g/mol. The van der Waals surface area contributed by atoms with E-state index < -0.39 is 11.9 Å². The van der Waals surface area contributed by atoms with Gasteiger partial charge >= 0.3 is 5.97 Å². The Hall–Kier alpha value is -2.17. The van der Waals surface area contributed by atoms with Crippen molar-refractivity contribution < 1.29 is 19.1 Å². The number of piperidine rings is 1. The Morgan fingerprint density at radius 3 is 2.73 bits per heavy atom. The minimum atomic E-state index is -0.850. The molecule has 1 aliphatic heterocycles. The maximum atomic E-state index is 12.6. The van der Waals surface area contributed by atoms with Crippen LogP contribution in [0, 0.1) is 5.92 Å². The number of esters is 1. The minimum Gasteiger partial charge on any atom is -0.468 e. The molecule has 22 heavy (non-hydrogen) atoms. The summed E-state index contributed by atoms with van der Waals surface area (Å²) in [4.78, 5) is 37.7. The molecule has 1 heterocycles. The third-order valence-corrected chi connectivity index (χ3v) is 4.54. The van der Waals surface area contributed by atoms with Crippen molar-refractivity contribution in [3.05, 3.63) is 34.9 Å². The van der Waals surface area contributed by atoms with Gasteiger partial charge in [0.2, 0.25) is 0 Å². The second-order valence-corrected chi connectivity index (χ2v) is 5.88. The summed E-state index contributed by atoms with van der Waals surface area (Å²) in [6, 6.07) is 5.81. The van der Waals surface area contributed by atoms with Crippen LogP contribution in [0.3, 0.4) is 0 Å². The van der Waals surface area contributed by atoms with Crippen LogP contribution in [0.5, 0.6) is 0 Å². The monoisotopic (exact) mass is 301 g/mol. The lowest BCUT2D eigenvalue weighted by atomic mass is 9.95. The Kier molecular flexibility index (Phi) is 3.96. The van der Waals surface area contributed by atoms with E-state index in [0.717, 1.165) is 19.3 Å². The Morgan fingerprint density at radius 1 is 1.18 bits per heavy atom. The molecule has 5 heteroatoms. The molecule has 0 saturated carbocycles. The number of methoxy groups -OCH3 is 1. The van der Waals surface area contributed by atoms with Crippen LogP contribution in [0.2, 0.25) is 0 Å². The van der Waals surface area contributed by atoms with Crippen molar-refractivity contribution in [2.24, 2.45) is 5.92 Å². The Balaban J connectivity index is 1.77. The Bertz CT molecular complexity index is 630. The molecule has 0 radical (unpaired) electrons. The summed E-state index contributed by atoms with van der Waals surface area (Å²) in [5.41, 5.74) is 3.19. The minimum absolute atomic E-state index is 0.113. The van der Waals surface area contributed by atoms with Gasteiger partial charge in [-0.1, -0.05) is 6.07 Å². The zero-order chi connectivity index (χ0) is 15.7. The zero-order valence-electron chi connectivity index (χ0n) is 12.6. The molecule has 0 spiro atoms. The van der Waals surface area contributed by atoms with E-state index in [1.807, 2.05) is 18.2 Å². The lowest BCUT2D eigenvalue weighted by Gasteiger charge is -2.30. The van der Waals surface area contributed by atoms with Gasteiger partial charge in [0.1, 0.15) is 5.92 Å². The van der Waals surface area contributed by atoms with E-state index in [1.165, 1.54) is 18.2 Å². The smallest absolute Gasteiger partial charge is 0.318 e. The van der Waals surface area contributed by atoms with Gasteiger partial charge in [0, 0.05) is 25.1 Å². The van der Waals surface area contributed by atoms with Crippen molar-refractivity contribution in [3.63, 3.8) is 0 Å². The van der Waals surface area contributed by atoms with Crippen molar-refractivity contribution in [2.45, 2.75) is 25.7 Å². The van der Waals surface area contributed by atoms with Crippen LogP contribution in [-0.4, -0.2) is 42.8 Å². The summed E-state index contributed by atoms with van der Waals surface area (Å²) in [5, 5.41) is 0. The molecule has 1 atom stereocenters. The van der Waals surface area contributed by atoms with Gasteiger partial charge in [-0.25, -0.2) is 0 Å². The fourth-order valence-corrected chi connectivity index (χ4v) is 3.25. The highest BCUT2D eigenvalue weighted by Crippen LogP contribution is 2.24. The van der Waals surface area contributed by atoms with Gasteiger partial charge in [0.05, 0.1) is 7.11 Å². The molecular weight excluding hydrogens is 282 g/mol. The highest BCUT2D eigenvalue weighted by Gasteiger charge is 2.35. The predicted octanol–water partition coefficient (Wildman–Crippen LogP) is 1.38. The predicted molar refractivity (Wildman–Crippen MR) is 79.5 cm³/mol. The van der Waals surface area contributed by atoms with E-state index in [4.69, 9.17) is 0 Å². The van der Waals surface area contributed by atoms with Crippen molar-refractivity contribution in [1.29, 1.82) is 0 Å². The Morgan fingerprint density at radius 2 is 1.95 bits per heavy atom. The SMILES string of the molecule is COC(=O)C1CN(C(=O)c2ccc3c(c2)CCC3)CCC1=O. The lowest BCUT2D eigenvalue weighted by molar-refractivity contribution is -0.151. The number of carbonyl (C=O) groups excluding carboxylic acids is 3. The summed E-state index contributed by atoms with van der Waals surface area (Å²) in [6.07, 6.45) is 3.43. The van der Waals surface area contributed by atoms with Crippen molar-refractivity contribution in [1.82, 2.24) is 4.90 Å². The van der Waals surface area contributed by atoms with E-state index >= 15 is 0 Å². The van der Waals surface area contributed by atoms with Crippen LogP contribution < -0.4 is 0 Å². The van der Waals surface area contributed by atoms with E-state index in [0.29, 0.717) is 12.1 Å². The number of hydrogen-bond donors (Lipinski definition) is 0. The summed E-state index contributed by atoms with van der Waals surface area (Å²) in [7, 11) is 1.26. The molecule has 1 fully saturated rings. The number of rotatable bonds is 2.